The van der Waals surface area contributed by atoms with Gasteiger partial charge >= 0.3 is 0 Å². The molecule has 0 atom stereocenters. The smallest absolute Gasteiger partial charge is 0.165 e. The largest absolute Gasteiger partial charge is 0.384 e. The van der Waals surface area contributed by atoms with Gasteiger partial charge in [0.15, 0.2) is 5.65 Å². The molecule has 3 aromatic heterocycles. The van der Waals surface area contributed by atoms with Gasteiger partial charge in [0.1, 0.15) is 17.2 Å². The van der Waals surface area contributed by atoms with Crippen LogP contribution in [0.1, 0.15) is 5.82 Å². The van der Waals surface area contributed by atoms with Gasteiger partial charge in [0, 0.05) is 25.9 Å². The minimum absolute atomic E-state index is 0.621. The quantitative estimate of drug-likeness (QED) is 0.714. The summed E-state index contributed by atoms with van der Waals surface area (Å²) in [6.07, 6.45) is 4.26. The van der Waals surface area contributed by atoms with Crippen molar-refractivity contribution < 1.29 is 4.74 Å². The Balaban J connectivity index is 2.19. The Kier molecular flexibility index (Phi) is 3.20. The maximum Gasteiger partial charge on any atom is 0.165 e. The lowest BCUT2D eigenvalue weighted by Crippen LogP contribution is -2.06. The van der Waals surface area contributed by atoms with Gasteiger partial charge in [-0.15, -0.1) is 0 Å². The highest BCUT2D eigenvalue weighted by molar-refractivity contribution is 5.73. The normalized spacial score (nSPS) is 11.0. The third kappa shape index (κ3) is 2.20. The molecule has 0 aliphatic heterocycles. The van der Waals surface area contributed by atoms with Crippen molar-refractivity contribution in [3.63, 3.8) is 0 Å². The van der Waals surface area contributed by atoms with Crippen molar-refractivity contribution in [3.8, 4) is 5.82 Å². The Bertz CT molecular complexity index is 678. The van der Waals surface area contributed by atoms with Crippen LogP contribution in [-0.2, 0) is 11.2 Å². The minimum Gasteiger partial charge on any atom is -0.384 e. The van der Waals surface area contributed by atoms with Crippen LogP contribution in [0.25, 0.3) is 17.0 Å². The van der Waals surface area contributed by atoms with E-state index in [1.807, 2.05) is 34.9 Å². The fourth-order valence-electron chi connectivity index (χ4n) is 2.05. The van der Waals surface area contributed by atoms with Gasteiger partial charge in [-0.2, -0.15) is 0 Å². The molecule has 0 spiro atoms. The average Bonchev–Trinajstić information content (AvgIpc) is 2.84. The number of pyridine rings is 2. The lowest BCUT2D eigenvalue weighted by Gasteiger charge is -2.06. The van der Waals surface area contributed by atoms with Crippen LogP contribution in [0.5, 0.6) is 0 Å². The summed E-state index contributed by atoms with van der Waals surface area (Å²) in [6.45, 7) is 0.621. The number of rotatable bonds is 4. The van der Waals surface area contributed by atoms with E-state index < -0.39 is 0 Å². The Morgan fingerprint density at radius 2 is 2.00 bits per heavy atom. The molecule has 0 amide bonds. The Labute approximate surface area is 110 Å². The van der Waals surface area contributed by atoms with Crippen molar-refractivity contribution >= 4 is 11.2 Å². The summed E-state index contributed by atoms with van der Waals surface area (Å²) in [7, 11) is 1.69. The molecule has 0 bridgehead atoms. The Morgan fingerprint density at radius 1 is 1.11 bits per heavy atom. The summed E-state index contributed by atoms with van der Waals surface area (Å²) in [4.78, 5) is 13.4. The van der Waals surface area contributed by atoms with Gasteiger partial charge in [-0.1, -0.05) is 6.07 Å². The number of nitrogens with zero attached hydrogens (tertiary/aromatic N) is 4. The number of methoxy groups -OCH3 is 1. The van der Waals surface area contributed by atoms with E-state index in [1.165, 1.54) is 0 Å². The maximum atomic E-state index is 5.14. The fourth-order valence-corrected chi connectivity index (χ4v) is 2.05. The molecule has 3 rings (SSSR count). The summed E-state index contributed by atoms with van der Waals surface area (Å²) in [6, 6.07) is 9.64. The molecule has 19 heavy (non-hydrogen) atoms. The zero-order valence-corrected chi connectivity index (χ0v) is 10.7. The monoisotopic (exact) mass is 254 g/mol. The van der Waals surface area contributed by atoms with Crippen LogP contribution in [0.2, 0.25) is 0 Å². The number of aromatic nitrogens is 4. The summed E-state index contributed by atoms with van der Waals surface area (Å²) in [5, 5.41) is 0. The second-order valence-corrected chi connectivity index (χ2v) is 4.14. The highest BCUT2D eigenvalue weighted by atomic mass is 16.5. The standard InChI is InChI=1S/C14H14N4O/c1-19-10-7-13-17-11-5-4-9-16-14(11)18(13)12-6-2-3-8-15-12/h2-6,8-9H,7,10H2,1H3. The van der Waals surface area contributed by atoms with E-state index >= 15 is 0 Å². The molecule has 5 nitrogen and oxygen atoms in total. The molecule has 0 saturated heterocycles. The van der Waals surface area contributed by atoms with Gasteiger partial charge in [0.05, 0.1) is 6.61 Å². The van der Waals surface area contributed by atoms with Crippen LogP contribution < -0.4 is 0 Å². The predicted octanol–water partition coefficient (Wildman–Crippen LogP) is 2.00. The van der Waals surface area contributed by atoms with Crippen molar-refractivity contribution in [1.82, 2.24) is 19.5 Å². The second kappa shape index (κ2) is 5.16. The first kappa shape index (κ1) is 11.8. The first-order valence-electron chi connectivity index (χ1n) is 6.13. The van der Waals surface area contributed by atoms with E-state index in [-0.39, 0.29) is 0 Å². The van der Waals surface area contributed by atoms with Crippen molar-refractivity contribution in [2.75, 3.05) is 13.7 Å². The molecule has 96 valence electrons. The molecular weight excluding hydrogens is 240 g/mol. The SMILES string of the molecule is COCCc1nc2cccnc2n1-c1ccccn1. The van der Waals surface area contributed by atoms with Gasteiger partial charge in [0.25, 0.3) is 0 Å². The molecule has 0 fully saturated rings. The highest BCUT2D eigenvalue weighted by Crippen LogP contribution is 2.18. The number of ether oxygens (including phenoxy) is 1. The first-order chi connectivity index (χ1) is 9.40. The second-order valence-electron chi connectivity index (χ2n) is 4.14. The summed E-state index contributed by atoms with van der Waals surface area (Å²) >= 11 is 0. The van der Waals surface area contributed by atoms with Gasteiger partial charge in [-0.05, 0) is 24.3 Å². The number of hydrogen-bond acceptors (Lipinski definition) is 4. The molecule has 5 heteroatoms. The zero-order valence-electron chi connectivity index (χ0n) is 10.7. The lowest BCUT2D eigenvalue weighted by molar-refractivity contribution is 0.200. The van der Waals surface area contributed by atoms with Gasteiger partial charge in [-0.3, -0.25) is 4.57 Å². The summed E-state index contributed by atoms with van der Waals surface area (Å²) in [5.74, 6) is 1.74. The van der Waals surface area contributed by atoms with Crippen molar-refractivity contribution in [2.24, 2.45) is 0 Å². The molecule has 0 aromatic carbocycles. The number of imidazole rings is 1. The predicted molar refractivity (Wildman–Crippen MR) is 72.2 cm³/mol. The molecule has 0 aliphatic rings. The van der Waals surface area contributed by atoms with E-state index in [4.69, 9.17) is 4.74 Å². The van der Waals surface area contributed by atoms with E-state index in [9.17, 15) is 0 Å². The van der Waals surface area contributed by atoms with Crippen molar-refractivity contribution in [3.05, 3.63) is 48.5 Å². The molecule has 0 saturated carbocycles. The molecule has 0 aliphatic carbocycles. The van der Waals surface area contributed by atoms with Crippen LogP contribution in [0.4, 0.5) is 0 Å². The third-order valence-corrected chi connectivity index (χ3v) is 2.89. The van der Waals surface area contributed by atoms with Gasteiger partial charge in [-0.25, -0.2) is 15.0 Å². The molecular formula is C14H14N4O. The van der Waals surface area contributed by atoms with Crippen LogP contribution in [-0.4, -0.2) is 33.2 Å². The molecule has 0 N–H and O–H groups in total. The minimum atomic E-state index is 0.621. The molecule has 0 radical (unpaired) electrons. The van der Waals surface area contributed by atoms with E-state index in [0.29, 0.717) is 6.61 Å². The van der Waals surface area contributed by atoms with Crippen LogP contribution >= 0.6 is 0 Å². The summed E-state index contributed by atoms with van der Waals surface area (Å²) < 4.78 is 7.12. The number of hydrogen-bond donors (Lipinski definition) is 0. The van der Waals surface area contributed by atoms with E-state index in [2.05, 4.69) is 15.0 Å². The number of fused-ring (bicyclic) bond motifs is 1. The molecule has 0 unspecified atom stereocenters. The van der Waals surface area contributed by atoms with E-state index in [0.717, 1.165) is 29.2 Å². The Hall–Kier alpha value is -2.27. The fraction of sp³-hybridized carbons (Fsp3) is 0.214. The molecule has 3 heterocycles. The van der Waals surface area contributed by atoms with Gasteiger partial charge in [0.2, 0.25) is 0 Å². The van der Waals surface area contributed by atoms with Crippen LogP contribution in [0, 0.1) is 0 Å². The lowest BCUT2D eigenvalue weighted by atomic mass is 10.4. The Morgan fingerprint density at radius 3 is 2.79 bits per heavy atom. The van der Waals surface area contributed by atoms with Crippen molar-refractivity contribution in [1.29, 1.82) is 0 Å². The average molecular weight is 254 g/mol. The van der Waals surface area contributed by atoms with Crippen LogP contribution in [0.15, 0.2) is 42.7 Å². The van der Waals surface area contributed by atoms with E-state index in [1.54, 1.807) is 19.5 Å². The van der Waals surface area contributed by atoms with Crippen LogP contribution in [0.3, 0.4) is 0 Å². The van der Waals surface area contributed by atoms with Gasteiger partial charge < -0.3 is 4.74 Å². The molecule has 3 aromatic rings. The topological polar surface area (TPSA) is 52.8 Å². The first-order valence-corrected chi connectivity index (χ1v) is 6.13. The maximum absolute atomic E-state index is 5.14. The summed E-state index contributed by atoms with van der Waals surface area (Å²) in [5.41, 5.74) is 1.70. The van der Waals surface area contributed by atoms with Crippen molar-refractivity contribution in [2.45, 2.75) is 6.42 Å². The highest BCUT2D eigenvalue weighted by Gasteiger charge is 2.13. The third-order valence-electron chi connectivity index (χ3n) is 2.89. The zero-order chi connectivity index (χ0) is 13.1.